The van der Waals surface area contributed by atoms with Gasteiger partial charge in [0.1, 0.15) is 10.9 Å². The Hall–Kier alpha value is -2.03. The van der Waals surface area contributed by atoms with E-state index in [1.54, 1.807) is 11.9 Å². The van der Waals surface area contributed by atoms with Gasteiger partial charge in [0.05, 0.1) is 12.2 Å². The minimum atomic E-state index is -0.457. The molecule has 8 nitrogen and oxygen atoms in total. The van der Waals surface area contributed by atoms with Gasteiger partial charge >= 0.3 is 0 Å². The lowest BCUT2D eigenvalue weighted by atomic mass is 10.1. The first kappa shape index (κ1) is 15.9. The number of rotatable bonds is 4. The number of carbonyl (C=O) groups is 3. The van der Waals surface area contributed by atoms with Gasteiger partial charge in [-0.1, -0.05) is 17.8 Å². The molecule has 3 heterocycles. The molecule has 0 aliphatic carbocycles. The molecule has 2 atom stereocenters. The second-order valence-corrected chi connectivity index (χ2v) is 6.72. The molecule has 124 valence electrons. The number of hydrogen-bond donors (Lipinski definition) is 1. The maximum Gasteiger partial charge on any atom is 0.265 e. The van der Waals surface area contributed by atoms with Crippen molar-refractivity contribution in [2.24, 2.45) is 0 Å². The Morgan fingerprint density at radius 3 is 2.96 bits per heavy atom. The van der Waals surface area contributed by atoms with E-state index in [9.17, 15) is 14.4 Å². The van der Waals surface area contributed by atoms with Crippen LogP contribution in [0.5, 0.6) is 0 Å². The van der Waals surface area contributed by atoms with E-state index in [1.165, 1.54) is 4.90 Å². The molecule has 23 heavy (non-hydrogen) atoms. The van der Waals surface area contributed by atoms with E-state index >= 15 is 0 Å². The summed E-state index contributed by atoms with van der Waals surface area (Å²) in [5, 5.41) is 6.91. The standard InChI is InChI=1S/C14H19N5O3S/c1-3-4-9-12(23-17-16-9)13(21)15-8-5-10-14(22)18(2)7-11(20)19(10)6-8/h8,10H,3-7H2,1-2H3,(H,15,21)/t8-,10+/m1/s1. The first-order valence-electron chi connectivity index (χ1n) is 7.67. The summed E-state index contributed by atoms with van der Waals surface area (Å²) < 4.78 is 3.85. The zero-order chi connectivity index (χ0) is 16.6. The summed E-state index contributed by atoms with van der Waals surface area (Å²) in [7, 11) is 1.63. The van der Waals surface area contributed by atoms with E-state index in [-0.39, 0.29) is 30.3 Å². The number of piperazine rings is 1. The number of carbonyl (C=O) groups excluding carboxylic acids is 3. The third-order valence-electron chi connectivity index (χ3n) is 4.24. The first-order chi connectivity index (χ1) is 11.0. The Labute approximate surface area is 138 Å². The molecule has 2 aliphatic heterocycles. The second-order valence-electron chi connectivity index (χ2n) is 5.96. The van der Waals surface area contributed by atoms with E-state index in [0.717, 1.165) is 18.0 Å². The third-order valence-corrected chi connectivity index (χ3v) is 5.01. The van der Waals surface area contributed by atoms with Gasteiger partial charge in [0.2, 0.25) is 11.8 Å². The maximum atomic E-state index is 12.4. The van der Waals surface area contributed by atoms with Crippen LogP contribution >= 0.6 is 11.5 Å². The summed E-state index contributed by atoms with van der Waals surface area (Å²) >= 11 is 1.08. The van der Waals surface area contributed by atoms with Crippen molar-refractivity contribution in [2.45, 2.75) is 38.3 Å². The van der Waals surface area contributed by atoms with Gasteiger partial charge in [-0.05, 0) is 24.4 Å². The monoisotopic (exact) mass is 337 g/mol. The van der Waals surface area contributed by atoms with Gasteiger partial charge in [-0.15, -0.1) is 5.10 Å². The first-order valence-corrected chi connectivity index (χ1v) is 8.45. The quantitative estimate of drug-likeness (QED) is 0.811. The molecule has 1 aromatic heterocycles. The van der Waals surface area contributed by atoms with Gasteiger partial charge < -0.3 is 15.1 Å². The zero-order valence-electron chi connectivity index (χ0n) is 13.1. The summed E-state index contributed by atoms with van der Waals surface area (Å²) in [4.78, 5) is 40.1. The van der Waals surface area contributed by atoms with E-state index < -0.39 is 6.04 Å². The van der Waals surface area contributed by atoms with Crippen molar-refractivity contribution in [2.75, 3.05) is 20.1 Å². The van der Waals surface area contributed by atoms with E-state index in [1.807, 2.05) is 6.92 Å². The summed E-state index contributed by atoms with van der Waals surface area (Å²) in [5.41, 5.74) is 0.706. The number of aryl methyl sites for hydroxylation is 1. The van der Waals surface area contributed by atoms with Crippen LogP contribution in [0.2, 0.25) is 0 Å². The molecule has 3 rings (SSSR count). The molecule has 0 bridgehead atoms. The van der Waals surface area contributed by atoms with Crippen molar-refractivity contribution in [3.63, 3.8) is 0 Å². The Morgan fingerprint density at radius 2 is 2.22 bits per heavy atom. The van der Waals surface area contributed by atoms with Crippen molar-refractivity contribution < 1.29 is 14.4 Å². The van der Waals surface area contributed by atoms with E-state index in [2.05, 4.69) is 14.9 Å². The lowest BCUT2D eigenvalue weighted by molar-refractivity contribution is -0.152. The number of aromatic nitrogens is 2. The molecule has 0 saturated carbocycles. The SMILES string of the molecule is CCCc1nnsc1C(=O)N[C@@H]1C[C@H]2C(=O)N(C)CC(=O)N2C1. The van der Waals surface area contributed by atoms with Crippen molar-refractivity contribution in [3.8, 4) is 0 Å². The van der Waals surface area contributed by atoms with Gasteiger partial charge in [-0.25, -0.2) is 0 Å². The molecule has 2 fully saturated rings. The summed E-state index contributed by atoms with van der Waals surface area (Å²) in [5.74, 6) is -0.353. The third kappa shape index (κ3) is 2.92. The molecular formula is C14H19N5O3S. The van der Waals surface area contributed by atoms with Crippen molar-refractivity contribution in [3.05, 3.63) is 10.6 Å². The van der Waals surface area contributed by atoms with E-state index in [4.69, 9.17) is 0 Å². The lowest BCUT2D eigenvalue weighted by Crippen LogP contribution is -2.55. The van der Waals surface area contributed by atoms with Crippen LogP contribution in [-0.2, 0) is 16.0 Å². The fraction of sp³-hybridized carbons (Fsp3) is 0.643. The van der Waals surface area contributed by atoms with Crippen molar-refractivity contribution in [1.82, 2.24) is 24.7 Å². The second kappa shape index (κ2) is 6.23. The van der Waals surface area contributed by atoms with Crippen LogP contribution < -0.4 is 5.32 Å². The van der Waals surface area contributed by atoms with Crippen LogP contribution in [0.1, 0.15) is 35.1 Å². The summed E-state index contributed by atoms with van der Waals surface area (Å²) in [6, 6.07) is -0.676. The molecule has 0 spiro atoms. The zero-order valence-corrected chi connectivity index (χ0v) is 13.9. The number of nitrogens with one attached hydrogen (secondary N) is 1. The highest BCUT2D eigenvalue weighted by atomic mass is 32.1. The highest BCUT2D eigenvalue weighted by molar-refractivity contribution is 7.08. The van der Waals surface area contributed by atoms with Gasteiger partial charge in [0, 0.05) is 19.6 Å². The predicted molar refractivity (Wildman–Crippen MR) is 82.9 cm³/mol. The average Bonchev–Trinajstić information content (AvgIpc) is 3.12. The largest absolute Gasteiger partial charge is 0.347 e. The Kier molecular flexibility index (Phi) is 4.29. The molecule has 1 N–H and O–H groups in total. The van der Waals surface area contributed by atoms with E-state index in [0.29, 0.717) is 30.0 Å². The van der Waals surface area contributed by atoms with Gasteiger partial charge in [-0.3, -0.25) is 14.4 Å². The molecule has 0 aromatic carbocycles. The lowest BCUT2D eigenvalue weighted by Gasteiger charge is -2.33. The molecule has 1 aromatic rings. The maximum absolute atomic E-state index is 12.4. The molecule has 0 radical (unpaired) electrons. The highest BCUT2D eigenvalue weighted by Gasteiger charge is 2.45. The van der Waals surface area contributed by atoms with Gasteiger partial charge in [0.25, 0.3) is 5.91 Å². The number of likely N-dealkylation sites (N-methyl/N-ethyl adjacent to an activating group) is 1. The fourth-order valence-corrected chi connectivity index (χ4v) is 3.72. The molecule has 0 unspecified atom stereocenters. The summed E-state index contributed by atoms with van der Waals surface area (Å²) in [6.07, 6.45) is 2.05. The van der Waals surface area contributed by atoms with Gasteiger partial charge in [-0.2, -0.15) is 0 Å². The normalized spacial score (nSPS) is 24.1. The highest BCUT2D eigenvalue weighted by Crippen LogP contribution is 2.24. The average molecular weight is 337 g/mol. The topological polar surface area (TPSA) is 95.5 Å². The van der Waals surface area contributed by atoms with Crippen LogP contribution in [0.15, 0.2) is 0 Å². The fourth-order valence-electron chi connectivity index (χ4n) is 3.11. The minimum Gasteiger partial charge on any atom is -0.347 e. The predicted octanol–water partition coefficient (Wildman–Crippen LogP) is -0.338. The Balaban J connectivity index is 1.68. The Morgan fingerprint density at radius 1 is 1.43 bits per heavy atom. The Bertz CT molecular complexity index is 646. The number of amides is 3. The number of nitrogens with zero attached hydrogens (tertiary/aromatic N) is 4. The molecule has 3 amide bonds. The van der Waals surface area contributed by atoms with Crippen LogP contribution in [0.4, 0.5) is 0 Å². The van der Waals surface area contributed by atoms with Crippen LogP contribution in [0.25, 0.3) is 0 Å². The smallest absolute Gasteiger partial charge is 0.265 e. The number of fused-ring (bicyclic) bond motifs is 1. The minimum absolute atomic E-state index is 0.0625. The van der Waals surface area contributed by atoms with Crippen LogP contribution in [-0.4, -0.2) is 69.3 Å². The van der Waals surface area contributed by atoms with Crippen molar-refractivity contribution >= 4 is 29.3 Å². The van der Waals surface area contributed by atoms with Crippen LogP contribution in [0, 0.1) is 0 Å². The van der Waals surface area contributed by atoms with Crippen LogP contribution in [0.3, 0.4) is 0 Å². The summed E-state index contributed by atoms with van der Waals surface area (Å²) in [6.45, 7) is 2.50. The molecule has 2 saturated heterocycles. The molecular weight excluding hydrogens is 318 g/mol. The number of hydrogen-bond acceptors (Lipinski definition) is 6. The van der Waals surface area contributed by atoms with Gasteiger partial charge in [0.15, 0.2) is 0 Å². The molecule has 2 aliphatic rings. The molecule has 9 heteroatoms. The van der Waals surface area contributed by atoms with Crippen molar-refractivity contribution in [1.29, 1.82) is 0 Å².